The fraction of sp³-hybridized carbons (Fsp3) is 0.667. The molecule has 2 unspecified atom stereocenters. The molecule has 1 saturated heterocycles. The second-order valence-corrected chi connectivity index (χ2v) is 6.70. The number of nitrogens with one attached hydrogen (secondary N) is 1. The third-order valence-electron chi connectivity index (χ3n) is 4.77. The first-order valence-corrected chi connectivity index (χ1v) is 8.25. The molecule has 0 radical (unpaired) electrons. The van der Waals surface area contributed by atoms with Gasteiger partial charge < -0.3 is 14.8 Å². The molecule has 3 heteroatoms. The summed E-state index contributed by atoms with van der Waals surface area (Å²) in [4.78, 5) is 0. The maximum atomic E-state index is 6.19. The number of hydrogen-bond donors (Lipinski definition) is 1. The van der Waals surface area contributed by atoms with Gasteiger partial charge in [-0.3, -0.25) is 0 Å². The van der Waals surface area contributed by atoms with Crippen LogP contribution in [0.15, 0.2) is 18.2 Å². The smallest absolute Gasteiger partial charge is 0.123 e. The quantitative estimate of drug-likeness (QED) is 0.903. The second kappa shape index (κ2) is 6.37. The van der Waals surface area contributed by atoms with Gasteiger partial charge in [-0.2, -0.15) is 0 Å². The minimum atomic E-state index is 0.246. The fourth-order valence-corrected chi connectivity index (χ4v) is 3.72. The van der Waals surface area contributed by atoms with Crippen LogP contribution in [0, 0.1) is 12.3 Å². The SMILES string of the molecule is CCNCC1(CC2Cc3cc(C)ccc3O2)CCCOC1. The first-order chi connectivity index (χ1) is 10.2. The molecule has 3 rings (SSSR count). The van der Waals surface area contributed by atoms with E-state index in [2.05, 4.69) is 37.4 Å². The largest absolute Gasteiger partial charge is 0.490 e. The lowest BCUT2D eigenvalue weighted by molar-refractivity contribution is -0.0277. The minimum absolute atomic E-state index is 0.246. The molecule has 2 aliphatic rings. The van der Waals surface area contributed by atoms with E-state index in [1.807, 2.05) is 0 Å². The third-order valence-corrected chi connectivity index (χ3v) is 4.77. The zero-order valence-electron chi connectivity index (χ0n) is 13.3. The van der Waals surface area contributed by atoms with E-state index < -0.39 is 0 Å². The van der Waals surface area contributed by atoms with Crippen LogP contribution in [0.1, 0.15) is 37.3 Å². The second-order valence-electron chi connectivity index (χ2n) is 6.70. The Hall–Kier alpha value is -1.06. The van der Waals surface area contributed by atoms with Gasteiger partial charge in [-0.1, -0.05) is 24.6 Å². The molecule has 2 heterocycles. The van der Waals surface area contributed by atoms with Crippen LogP contribution in [0.2, 0.25) is 0 Å². The van der Waals surface area contributed by atoms with Crippen molar-refractivity contribution in [1.29, 1.82) is 0 Å². The Morgan fingerprint density at radius 1 is 1.38 bits per heavy atom. The molecule has 1 N–H and O–H groups in total. The molecule has 0 saturated carbocycles. The van der Waals surface area contributed by atoms with Crippen molar-refractivity contribution in [1.82, 2.24) is 5.32 Å². The monoisotopic (exact) mass is 289 g/mol. The van der Waals surface area contributed by atoms with Gasteiger partial charge in [0.2, 0.25) is 0 Å². The Morgan fingerprint density at radius 3 is 3.05 bits per heavy atom. The van der Waals surface area contributed by atoms with Gasteiger partial charge in [0.05, 0.1) is 6.61 Å². The van der Waals surface area contributed by atoms with E-state index in [0.29, 0.717) is 6.10 Å². The summed E-state index contributed by atoms with van der Waals surface area (Å²) in [6.07, 6.45) is 4.86. The summed E-state index contributed by atoms with van der Waals surface area (Å²) < 4.78 is 12.0. The Labute approximate surface area is 128 Å². The number of ether oxygens (including phenoxy) is 2. The summed E-state index contributed by atoms with van der Waals surface area (Å²) in [7, 11) is 0. The highest BCUT2D eigenvalue weighted by molar-refractivity contribution is 5.40. The maximum absolute atomic E-state index is 6.19. The average Bonchev–Trinajstić information content (AvgIpc) is 2.87. The molecule has 1 aromatic rings. The molecule has 0 spiro atoms. The van der Waals surface area contributed by atoms with Crippen LogP contribution in [0.3, 0.4) is 0 Å². The Kier molecular flexibility index (Phi) is 4.51. The van der Waals surface area contributed by atoms with Gasteiger partial charge in [0, 0.05) is 25.0 Å². The number of fused-ring (bicyclic) bond motifs is 1. The molecular weight excluding hydrogens is 262 g/mol. The standard InChI is InChI=1S/C18H27NO2/c1-3-19-12-18(7-4-8-20-13-18)11-16-10-15-9-14(2)5-6-17(15)21-16/h5-6,9,16,19H,3-4,7-8,10-13H2,1-2H3. The van der Waals surface area contributed by atoms with Gasteiger partial charge in [-0.25, -0.2) is 0 Å². The molecular formula is C18H27NO2. The lowest BCUT2D eigenvalue weighted by Gasteiger charge is -2.38. The molecule has 0 bridgehead atoms. The van der Waals surface area contributed by atoms with Crippen molar-refractivity contribution in [3.8, 4) is 5.75 Å². The van der Waals surface area contributed by atoms with Crippen molar-refractivity contribution in [3.05, 3.63) is 29.3 Å². The highest BCUT2D eigenvalue weighted by atomic mass is 16.5. The summed E-state index contributed by atoms with van der Waals surface area (Å²) >= 11 is 0. The van der Waals surface area contributed by atoms with Crippen molar-refractivity contribution in [2.45, 2.75) is 45.6 Å². The van der Waals surface area contributed by atoms with Gasteiger partial charge in [0.1, 0.15) is 11.9 Å². The van der Waals surface area contributed by atoms with Crippen LogP contribution in [0.4, 0.5) is 0 Å². The van der Waals surface area contributed by atoms with E-state index in [1.54, 1.807) is 0 Å². The lowest BCUT2D eigenvalue weighted by Crippen LogP contribution is -2.44. The highest BCUT2D eigenvalue weighted by Gasteiger charge is 2.37. The van der Waals surface area contributed by atoms with E-state index in [4.69, 9.17) is 9.47 Å². The molecule has 1 fully saturated rings. The predicted molar refractivity (Wildman–Crippen MR) is 84.9 cm³/mol. The Balaban J connectivity index is 1.67. The summed E-state index contributed by atoms with van der Waals surface area (Å²) in [5.41, 5.74) is 2.94. The predicted octanol–water partition coefficient (Wildman–Crippen LogP) is 3.09. The van der Waals surface area contributed by atoms with Crippen LogP contribution < -0.4 is 10.1 Å². The summed E-state index contributed by atoms with van der Waals surface area (Å²) in [6.45, 7) is 8.16. The lowest BCUT2D eigenvalue weighted by atomic mass is 9.77. The van der Waals surface area contributed by atoms with E-state index in [9.17, 15) is 0 Å². The van der Waals surface area contributed by atoms with Gasteiger partial charge in [-0.05, 0) is 44.4 Å². The maximum Gasteiger partial charge on any atom is 0.123 e. The van der Waals surface area contributed by atoms with Gasteiger partial charge in [-0.15, -0.1) is 0 Å². The molecule has 21 heavy (non-hydrogen) atoms. The topological polar surface area (TPSA) is 30.5 Å². The molecule has 2 atom stereocenters. The van der Waals surface area contributed by atoms with E-state index in [-0.39, 0.29) is 5.41 Å². The van der Waals surface area contributed by atoms with Crippen LogP contribution >= 0.6 is 0 Å². The summed E-state index contributed by atoms with van der Waals surface area (Å²) in [5.74, 6) is 1.08. The Bertz CT molecular complexity index is 480. The van der Waals surface area contributed by atoms with Gasteiger partial charge >= 0.3 is 0 Å². The highest BCUT2D eigenvalue weighted by Crippen LogP contribution is 2.38. The molecule has 2 aliphatic heterocycles. The summed E-state index contributed by atoms with van der Waals surface area (Å²) in [6, 6.07) is 6.53. The van der Waals surface area contributed by atoms with Crippen molar-refractivity contribution >= 4 is 0 Å². The first-order valence-electron chi connectivity index (χ1n) is 8.25. The molecule has 1 aromatic carbocycles. The van der Waals surface area contributed by atoms with Crippen LogP contribution in [0.5, 0.6) is 5.75 Å². The number of benzene rings is 1. The zero-order chi connectivity index (χ0) is 14.7. The van der Waals surface area contributed by atoms with Gasteiger partial charge in [0.25, 0.3) is 0 Å². The molecule has 0 aromatic heterocycles. The van der Waals surface area contributed by atoms with Crippen LogP contribution in [-0.4, -0.2) is 32.4 Å². The number of rotatable bonds is 5. The normalized spacial score (nSPS) is 28.2. The first kappa shape index (κ1) is 14.9. The fourth-order valence-electron chi connectivity index (χ4n) is 3.72. The van der Waals surface area contributed by atoms with Crippen molar-refractivity contribution in [2.24, 2.45) is 5.41 Å². The number of aryl methyl sites for hydroxylation is 1. The molecule has 3 nitrogen and oxygen atoms in total. The van der Waals surface area contributed by atoms with Crippen LogP contribution in [0.25, 0.3) is 0 Å². The molecule has 0 amide bonds. The van der Waals surface area contributed by atoms with Crippen molar-refractivity contribution < 1.29 is 9.47 Å². The van der Waals surface area contributed by atoms with Crippen molar-refractivity contribution in [2.75, 3.05) is 26.3 Å². The average molecular weight is 289 g/mol. The zero-order valence-corrected chi connectivity index (χ0v) is 13.3. The minimum Gasteiger partial charge on any atom is -0.490 e. The van der Waals surface area contributed by atoms with E-state index in [0.717, 1.165) is 44.9 Å². The van der Waals surface area contributed by atoms with E-state index in [1.165, 1.54) is 24.0 Å². The third kappa shape index (κ3) is 3.41. The van der Waals surface area contributed by atoms with Crippen LogP contribution in [-0.2, 0) is 11.2 Å². The number of hydrogen-bond acceptors (Lipinski definition) is 3. The Morgan fingerprint density at radius 2 is 2.29 bits per heavy atom. The van der Waals surface area contributed by atoms with Gasteiger partial charge in [0.15, 0.2) is 0 Å². The van der Waals surface area contributed by atoms with Crippen molar-refractivity contribution in [3.63, 3.8) is 0 Å². The van der Waals surface area contributed by atoms with E-state index >= 15 is 0 Å². The molecule has 0 aliphatic carbocycles. The molecule has 116 valence electrons. The summed E-state index contributed by atoms with van der Waals surface area (Å²) in [5, 5.41) is 3.53.